The summed E-state index contributed by atoms with van der Waals surface area (Å²) in [6.07, 6.45) is 12.3. The first kappa shape index (κ1) is 46.4. The third-order valence-corrected chi connectivity index (χ3v) is 14.1. The van der Waals surface area contributed by atoms with E-state index in [1.807, 2.05) is 31.2 Å². The quantitative estimate of drug-likeness (QED) is 0.119. The number of hydrogen-bond donors (Lipinski definition) is 2. The maximum atomic E-state index is 13.8. The van der Waals surface area contributed by atoms with Crippen LogP contribution in [0.1, 0.15) is 98.4 Å². The van der Waals surface area contributed by atoms with E-state index in [0.29, 0.717) is 35.3 Å². The highest BCUT2D eigenvalue weighted by atomic mass is 16.5. The highest BCUT2D eigenvalue weighted by Crippen LogP contribution is 2.31. The summed E-state index contributed by atoms with van der Waals surface area (Å²) in [6, 6.07) is 26.2. The fourth-order valence-electron chi connectivity index (χ4n) is 10.3. The first-order valence-electron chi connectivity index (χ1n) is 24.6. The summed E-state index contributed by atoms with van der Waals surface area (Å²) in [4.78, 5) is 40.4. The second-order valence-corrected chi connectivity index (χ2v) is 18.9. The summed E-state index contributed by atoms with van der Waals surface area (Å²) in [6.45, 7) is 4.99. The molecule has 2 amide bonds. The van der Waals surface area contributed by atoms with Crippen LogP contribution in [0.3, 0.4) is 0 Å². The molecule has 0 spiro atoms. The molecule has 0 saturated carbocycles. The Hall–Kier alpha value is -7.36. The number of nitrogens with zero attached hydrogens (tertiary/aromatic N) is 8. The van der Waals surface area contributed by atoms with E-state index in [2.05, 4.69) is 88.2 Å². The Bertz CT molecular complexity index is 2790. The molecule has 2 aliphatic heterocycles. The number of nitrogens with one attached hydrogen (secondary N) is 2. The van der Waals surface area contributed by atoms with Crippen LogP contribution in [-0.4, -0.2) is 107 Å². The lowest BCUT2D eigenvalue weighted by atomic mass is 9.86. The van der Waals surface area contributed by atoms with Crippen LogP contribution in [0.4, 0.5) is 11.6 Å². The minimum absolute atomic E-state index is 0.0321. The lowest BCUT2D eigenvalue weighted by Gasteiger charge is -2.33. The van der Waals surface area contributed by atoms with Crippen LogP contribution in [0.5, 0.6) is 23.3 Å². The SMILES string of the molecule is COc1ccc(OC2CCN(c3nnc(C(=O)N[C@H]4CCc5cc(Cc6cc(C(=O)NC7CCc8ccccc8C7)nnc6N6CCC(Oc7ccc(OC)nc7)CC6)ccc5C4)cc3C)CC2)cn1. The van der Waals surface area contributed by atoms with Crippen molar-refractivity contribution in [3.63, 3.8) is 0 Å². The van der Waals surface area contributed by atoms with E-state index in [1.54, 1.807) is 38.7 Å². The van der Waals surface area contributed by atoms with Gasteiger partial charge in [0.1, 0.15) is 23.7 Å². The van der Waals surface area contributed by atoms with Gasteiger partial charge in [0.25, 0.3) is 11.8 Å². The second-order valence-electron chi connectivity index (χ2n) is 18.9. The van der Waals surface area contributed by atoms with Crippen molar-refractivity contribution in [3.8, 4) is 23.3 Å². The Labute approximate surface area is 408 Å². The van der Waals surface area contributed by atoms with Gasteiger partial charge < -0.3 is 39.4 Å². The molecule has 16 nitrogen and oxygen atoms in total. The van der Waals surface area contributed by atoms with Crippen LogP contribution in [0, 0.1) is 6.92 Å². The van der Waals surface area contributed by atoms with Gasteiger partial charge in [0.2, 0.25) is 11.8 Å². The van der Waals surface area contributed by atoms with Gasteiger partial charge in [-0.3, -0.25) is 9.59 Å². The maximum Gasteiger partial charge on any atom is 0.272 e. The number of benzene rings is 2. The van der Waals surface area contributed by atoms with Gasteiger partial charge in [-0.05, 0) is 103 Å². The molecule has 362 valence electrons. The summed E-state index contributed by atoms with van der Waals surface area (Å²) in [5, 5.41) is 24.8. The number of methoxy groups -OCH3 is 2. The molecule has 2 atom stereocenters. The number of piperidine rings is 2. The fourth-order valence-corrected chi connectivity index (χ4v) is 10.3. The number of carbonyl (C=O) groups excluding carboxylic acids is 2. The molecule has 1 unspecified atom stereocenters. The van der Waals surface area contributed by atoms with Crippen molar-refractivity contribution in [1.82, 2.24) is 41.0 Å². The van der Waals surface area contributed by atoms with E-state index in [1.165, 1.54) is 22.3 Å². The van der Waals surface area contributed by atoms with Gasteiger partial charge in [0.15, 0.2) is 23.0 Å². The molecule has 2 aromatic carbocycles. The van der Waals surface area contributed by atoms with Crippen molar-refractivity contribution in [2.75, 3.05) is 50.2 Å². The highest BCUT2D eigenvalue weighted by molar-refractivity contribution is 5.93. The molecule has 4 aliphatic rings. The van der Waals surface area contributed by atoms with Gasteiger partial charge in [-0.1, -0.05) is 42.5 Å². The zero-order valence-electron chi connectivity index (χ0n) is 40.1. The Morgan fingerprint density at radius 1 is 0.586 bits per heavy atom. The smallest absolute Gasteiger partial charge is 0.272 e. The summed E-state index contributed by atoms with van der Waals surface area (Å²) in [7, 11) is 3.19. The Morgan fingerprint density at radius 2 is 1.11 bits per heavy atom. The van der Waals surface area contributed by atoms with Crippen molar-refractivity contribution in [3.05, 3.63) is 142 Å². The normalized spacial score (nSPS) is 18.3. The van der Waals surface area contributed by atoms with Crippen molar-refractivity contribution in [1.29, 1.82) is 0 Å². The van der Waals surface area contributed by atoms with Crippen LogP contribution in [0.25, 0.3) is 0 Å². The lowest BCUT2D eigenvalue weighted by Crippen LogP contribution is -2.40. The minimum Gasteiger partial charge on any atom is -0.489 e. The number of ether oxygens (including phenoxy) is 4. The molecule has 16 heteroatoms. The fraction of sp³-hybridized carbons (Fsp3) is 0.407. The molecule has 0 bridgehead atoms. The van der Waals surface area contributed by atoms with Crippen LogP contribution >= 0.6 is 0 Å². The zero-order chi connectivity index (χ0) is 48.0. The van der Waals surface area contributed by atoms with Crippen LogP contribution in [-0.2, 0) is 32.1 Å². The molecular weight excluding hydrogens is 885 g/mol. The predicted molar refractivity (Wildman–Crippen MR) is 264 cm³/mol. The first-order chi connectivity index (χ1) is 34.2. The standard InChI is InChI=1S/C54H60N10O6/c1-34-26-47(59-61-51(34)63-22-18-43(19-23-63)69-45-14-16-49(67-2)55-32-45)53(65)57-42-13-11-38-27-35(8-9-39(38)30-42)28-40-31-48(54(66)58-41-12-10-36-6-4-5-7-37(36)29-41)60-62-52(40)64-24-20-44(21-25-64)70-46-15-17-50(68-3)56-33-46/h4-9,14-17,26-27,31-33,41-44H,10-13,18-25,28-30H2,1-3H3,(H,57,65)(H,58,66)/t41?,42-/m0/s1. The van der Waals surface area contributed by atoms with Crippen molar-refractivity contribution >= 4 is 23.5 Å². The predicted octanol–water partition coefficient (Wildman–Crippen LogP) is 6.64. The largest absolute Gasteiger partial charge is 0.489 e. The lowest BCUT2D eigenvalue weighted by molar-refractivity contribution is 0.0919. The van der Waals surface area contributed by atoms with Gasteiger partial charge in [-0.15, -0.1) is 20.4 Å². The van der Waals surface area contributed by atoms with Gasteiger partial charge >= 0.3 is 0 Å². The van der Waals surface area contributed by atoms with Gasteiger partial charge in [-0.25, -0.2) is 9.97 Å². The molecule has 2 N–H and O–H groups in total. The maximum absolute atomic E-state index is 13.8. The minimum atomic E-state index is -0.216. The number of rotatable bonds is 14. The van der Waals surface area contributed by atoms with Crippen LogP contribution in [0.2, 0.25) is 0 Å². The number of hydrogen-bond acceptors (Lipinski definition) is 14. The Balaban J connectivity index is 0.773. The summed E-state index contributed by atoms with van der Waals surface area (Å²) < 4.78 is 22.8. The van der Waals surface area contributed by atoms with Gasteiger partial charge in [-0.2, -0.15) is 0 Å². The number of carbonyl (C=O) groups is 2. The molecule has 2 fully saturated rings. The van der Waals surface area contributed by atoms with E-state index in [4.69, 9.17) is 24.0 Å². The van der Waals surface area contributed by atoms with Gasteiger partial charge in [0, 0.05) is 88.1 Å². The van der Waals surface area contributed by atoms with Crippen LogP contribution < -0.4 is 39.4 Å². The average molecular weight is 945 g/mol. The van der Waals surface area contributed by atoms with E-state index < -0.39 is 0 Å². The molecule has 4 aromatic heterocycles. The summed E-state index contributed by atoms with van der Waals surface area (Å²) >= 11 is 0. The third kappa shape index (κ3) is 10.9. The molecule has 0 radical (unpaired) electrons. The van der Waals surface area contributed by atoms with Crippen LogP contribution in [0.15, 0.2) is 91.3 Å². The molecular formula is C54H60N10O6. The number of amides is 2. The van der Waals surface area contributed by atoms with E-state index >= 15 is 0 Å². The number of anilines is 2. The Morgan fingerprint density at radius 3 is 1.67 bits per heavy atom. The summed E-state index contributed by atoms with van der Waals surface area (Å²) in [5.74, 6) is 3.70. The van der Waals surface area contributed by atoms with Crippen molar-refractivity contribution in [2.24, 2.45) is 0 Å². The molecule has 2 saturated heterocycles. The zero-order valence-corrected chi connectivity index (χ0v) is 40.1. The number of pyridine rings is 2. The average Bonchev–Trinajstić information content (AvgIpc) is 3.39. The second kappa shape index (κ2) is 21.1. The number of aromatic nitrogens is 6. The van der Waals surface area contributed by atoms with Crippen molar-refractivity contribution in [2.45, 2.75) is 102 Å². The first-order valence-corrected chi connectivity index (χ1v) is 24.6. The van der Waals surface area contributed by atoms with Crippen molar-refractivity contribution < 1.29 is 28.5 Å². The summed E-state index contributed by atoms with van der Waals surface area (Å²) in [5.41, 5.74) is 8.76. The molecule has 6 aromatic rings. The third-order valence-electron chi connectivity index (χ3n) is 14.1. The number of fused-ring (bicyclic) bond motifs is 2. The monoisotopic (exact) mass is 944 g/mol. The Kier molecular flexibility index (Phi) is 14.0. The number of aryl methyl sites for hydroxylation is 3. The van der Waals surface area contributed by atoms with E-state index in [9.17, 15) is 9.59 Å². The highest BCUT2D eigenvalue weighted by Gasteiger charge is 2.29. The molecule has 2 aliphatic carbocycles. The molecule has 6 heterocycles. The topological polar surface area (TPSA) is 179 Å². The van der Waals surface area contributed by atoms with E-state index in [-0.39, 0.29) is 36.1 Å². The van der Waals surface area contributed by atoms with Gasteiger partial charge in [0.05, 0.1) is 26.6 Å². The van der Waals surface area contributed by atoms with E-state index in [0.717, 1.165) is 124 Å². The molecule has 70 heavy (non-hydrogen) atoms. The molecule has 10 rings (SSSR count).